The summed E-state index contributed by atoms with van der Waals surface area (Å²) in [5.41, 5.74) is 2.70. The van der Waals surface area contributed by atoms with Crippen LogP contribution in [0.2, 0.25) is 25.7 Å². The van der Waals surface area contributed by atoms with Crippen LogP contribution in [0.3, 0.4) is 0 Å². The predicted molar refractivity (Wildman–Crippen MR) is 76.5 cm³/mol. The van der Waals surface area contributed by atoms with Gasteiger partial charge in [-0.3, -0.25) is 0 Å². The van der Waals surface area contributed by atoms with Gasteiger partial charge in [0.2, 0.25) is 0 Å². The molecule has 0 unspecified atom stereocenters. The Morgan fingerprint density at radius 2 is 1.94 bits per heavy atom. The number of rotatable bonds is 7. The Morgan fingerprint density at radius 1 is 1.38 bits per heavy atom. The minimum atomic E-state index is -1.06. The molecule has 0 amide bonds. The van der Waals surface area contributed by atoms with Gasteiger partial charge in [0.25, 0.3) is 0 Å². The molecule has 0 saturated heterocycles. The van der Waals surface area contributed by atoms with Crippen molar-refractivity contribution in [3.63, 3.8) is 0 Å². The zero-order valence-electron chi connectivity index (χ0n) is 11.6. The summed E-state index contributed by atoms with van der Waals surface area (Å²) in [5.74, 6) is 0.587. The summed E-state index contributed by atoms with van der Waals surface area (Å²) in [6, 6.07) is 1.20. The average Bonchev–Trinajstić information content (AvgIpc) is 2.11. The molecule has 0 aromatic rings. The Labute approximate surface area is 102 Å². The molecule has 0 spiro atoms. The second kappa shape index (κ2) is 7.07. The van der Waals surface area contributed by atoms with E-state index < -0.39 is 8.07 Å². The van der Waals surface area contributed by atoms with E-state index in [-0.39, 0.29) is 6.61 Å². The summed E-state index contributed by atoms with van der Waals surface area (Å²) in [4.78, 5) is 0. The van der Waals surface area contributed by atoms with Crippen molar-refractivity contribution in [2.75, 3.05) is 6.61 Å². The molecule has 0 radical (unpaired) electrons. The number of allylic oxidation sites excluding steroid dienone is 2. The molecule has 0 aromatic heterocycles. The predicted octanol–water partition coefficient (Wildman–Crippen LogP) is 4.24. The van der Waals surface area contributed by atoms with Crippen molar-refractivity contribution >= 4 is 8.07 Å². The van der Waals surface area contributed by atoms with E-state index in [2.05, 4.69) is 40.1 Å². The van der Waals surface area contributed by atoms with Crippen molar-refractivity contribution in [2.45, 2.75) is 52.4 Å². The fraction of sp³-hybridized carbons (Fsp3) is 0.714. The molecule has 0 aliphatic rings. The van der Waals surface area contributed by atoms with Gasteiger partial charge in [0.1, 0.15) is 0 Å². The largest absolute Gasteiger partial charge is 0.392 e. The highest BCUT2D eigenvalue weighted by atomic mass is 28.3. The lowest BCUT2D eigenvalue weighted by Crippen LogP contribution is -2.20. The standard InChI is InChI=1S/C14H28OSi/c1-12(2)13(3)7-8-14(9-10-15)11-16(4,5)6/h9,13,15H,1,7-8,10-11H2,2-6H3/b14-9-/t13-/m0/s1. The number of aliphatic hydroxyl groups is 1. The molecule has 1 nitrogen and oxygen atoms in total. The summed E-state index contributed by atoms with van der Waals surface area (Å²) in [6.45, 7) is 15.6. The van der Waals surface area contributed by atoms with Gasteiger partial charge in [-0.25, -0.2) is 0 Å². The zero-order chi connectivity index (χ0) is 12.8. The molecule has 94 valence electrons. The molecule has 1 atom stereocenters. The normalized spacial score (nSPS) is 15.0. The highest BCUT2D eigenvalue weighted by Crippen LogP contribution is 2.24. The third-order valence-corrected chi connectivity index (χ3v) is 4.39. The molecule has 0 bridgehead atoms. The topological polar surface area (TPSA) is 20.2 Å². The monoisotopic (exact) mass is 240 g/mol. The van der Waals surface area contributed by atoms with Crippen molar-refractivity contribution in [3.05, 3.63) is 23.8 Å². The Balaban J connectivity index is 4.26. The minimum absolute atomic E-state index is 0.182. The van der Waals surface area contributed by atoms with Crippen LogP contribution in [-0.2, 0) is 0 Å². The molecular formula is C14H28OSi. The quantitative estimate of drug-likeness (QED) is 0.521. The molecule has 16 heavy (non-hydrogen) atoms. The van der Waals surface area contributed by atoms with E-state index in [1.807, 2.05) is 6.08 Å². The van der Waals surface area contributed by atoms with Gasteiger partial charge in [0.15, 0.2) is 0 Å². The van der Waals surface area contributed by atoms with Crippen LogP contribution in [-0.4, -0.2) is 19.8 Å². The van der Waals surface area contributed by atoms with E-state index in [1.54, 1.807) is 0 Å². The van der Waals surface area contributed by atoms with Crippen LogP contribution >= 0.6 is 0 Å². The van der Waals surface area contributed by atoms with E-state index in [4.69, 9.17) is 5.11 Å². The first-order valence-corrected chi connectivity index (χ1v) is 9.91. The van der Waals surface area contributed by atoms with Gasteiger partial charge < -0.3 is 5.11 Å². The van der Waals surface area contributed by atoms with E-state index in [9.17, 15) is 0 Å². The van der Waals surface area contributed by atoms with Gasteiger partial charge in [0, 0.05) is 8.07 Å². The number of aliphatic hydroxyl groups excluding tert-OH is 1. The summed E-state index contributed by atoms with van der Waals surface area (Å²) in [6.07, 6.45) is 4.27. The molecule has 0 fully saturated rings. The van der Waals surface area contributed by atoms with Gasteiger partial charge in [-0.2, -0.15) is 0 Å². The van der Waals surface area contributed by atoms with Gasteiger partial charge >= 0.3 is 0 Å². The Morgan fingerprint density at radius 3 is 2.31 bits per heavy atom. The Kier molecular flexibility index (Phi) is 6.92. The third kappa shape index (κ3) is 7.89. The fourth-order valence-electron chi connectivity index (χ4n) is 1.72. The van der Waals surface area contributed by atoms with Crippen molar-refractivity contribution < 1.29 is 5.11 Å². The maximum atomic E-state index is 9.03. The second-order valence-corrected chi connectivity index (χ2v) is 11.5. The lowest BCUT2D eigenvalue weighted by atomic mass is 9.96. The Hall–Kier alpha value is -0.343. The van der Waals surface area contributed by atoms with Crippen LogP contribution in [0.25, 0.3) is 0 Å². The second-order valence-electron chi connectivity index (χ2n) is 6.07. The van der Waals surface area contributed by atoms with Crippen LogP contribution in [0.5, 0.6) is 0 Å². The molecule has 0 rings (SSSR count). The lowest BCUT2D eigenvalue weighted by Gasteiger charge is -2.20. The minimum Gasteiger partial charge on any atom is -0.392 e. The number of hydrogen-bond acceptors (Lipinski definition) is 1. The molecule has 2 heteroatoms. The van der Waals surface area contributed by atoms with Crippen molar-refractivity contribution in [1.29, 1.82) is 0 Å². The summed E-state index contributed by atoms with van der Waals surface area (Å²) in [7, 11) is -1.06. The molecule has 0 aromatic carbocycles. The van der Waals surface area contributed by atoms with Crippen LogP contribution in [0, 0.1) is 5.92 Å². The van der Waals surface area contributed by atoms with Crippen LogP contribution < -0.4 is 0 Å². The zero-order valence-corrected chi connectivity index (χ0v) is 12.6. The maximum absolute atomic E-state index is 9.03. The molecule has 0 saturated carbocycles. The molecular weight excluding hydrogens is 212 g/mol. The van der Waals surface area contributed by atoms with Crippen molar-refractivity contribution in [2.24, 2.45) is 5.92 Å². The first-order chi connectivity index (χ1) is 7.26. The van der Waals surface area contributed by atoms with Crippen LogP contribution in [0.1, 0.15) is 26.7 Å². The first kappa shape index (κ1) is 15.7. The lowest BCUT2D eigenvalue weighted by molar-refractivity contribution is 0.341. The summed E-state index contributed by atoms with van der Waals surface area (Å²) >= 11 is 0. The average molecular weight is 240 g/mol. The SMILES string of the molecule is C=C(C)[C@@H](C)CC/C(=C/CO)C[Si](C)(C)C. The Bertz CT molecular complexity index is 248. The third-order valence-electron chi connectivity index (χ3n) is 2.88. The van der Waals surface area contributed by atoms with E-state index in [0.717, 1.165) is 12.8 Å². The van der Waals surface area contributed by atoms with Crippen LogP contribution in [0.15, 0.2) is 23.8 Å². The highest BCUT2D eigenvalue weighted by Gasteiger charge is 2.15. The van der Waals surface area contributed by atoms with E-state index in [0.29, 0.717) is 5.92 Å². The summed E-state index contributed by atoms with van der Waals surface area (Å²) in [5, 5.41) is 9.03. The maximum Gasteiger partial charge on any atom is 0.0614 e. The molecule has 0 aliphatic heterocycles. The summed E-state index contributed by atoms with van der Waals surface area (Å²) < 4.78 is 0. The van der Waals surface area contributed by atoms with Gasteiger partial charge in [0.05, 0.1) is 6.61 Å². The van der Waals surface area contributed by atoms with Crippen molar-refractivity contribution in [3.8, 4) is 0 Å². The first-order valence-electron chi connectivity index (χ1n) is 6.20. The fourth-order valence-corrected chi connectivity index (χ4v) is 3.40. The highest BCUT2D eigenvalue weighted by molar-refractivity contribution is 6.76. The number of hydrogen-bond donors (Lipinski definition) is 1. The van der Waals surface area contributed by atoms with E-state index >= 15 is 0 Å². The smallest absolute Gasteiger partial charge is 0.0614 e. The molecule has 0 aliphatic carbocycles. The van der Waals surface area contributed by atoms with Crippen LogP contribution in [0.4, 0.5) is 0 Å². The molecule has 1 N–H and O–H groups in total. The molecule has 0 heterocycles. The van der Waals surface area contributed by atoms with Crippen molar-refractivity contribution in [1.82, 2.24) is 0 Å². The van der Waals surface area contributed by atoms with E-state index in [1.165, 1.54) is 17.2 Å². The van der Waals surface area contributed by atoms with Gasteiger partial charge in [-0.15, -0.1) is 0 Å². The van der Waals surface area contributed by atoms with Gasteiger partial charge in [-0.1, -0.05) is 50.4 Å². The van der Waals surface area contributed by atoms with Gasteiger partial charge in [-0.05, 0) is 31.7 Å².